The zero-order valence-corrected chi connectivity index (χ0v) is 17.7. The van der Waals surface area contributed by atoms with E-state index in [0.29, 0.717) is 47.2 Å². The number of nitrogens with one attached hydrogen (secondary N) is 2. The smallest absolute Gasteiger partial charge is 0.340 e. The maximum atomic E-state index is 12.5. The first kappa shape index (κ1) is 23.7. The van der Waals surface area contributed by atoms with Gasteiger partial charge in [0, 0.05) is 17.5 Å². The summed E-state index contributed by atoms with van der Waals surface area (Å²) in [5, 5.41) is 14.9. The number of ether oxygens (including phenoxy) is 1. The van der Waals surface area contributed by atoms with Crippen molar-refractivity contribution in [2.24, 2.45) is 5.73 Å². The molecule has 0 saturated carbocycles. The summed E-state index contributed by atoms with van der Waals surface area (Å²) in [6.07, 6.45) is 0.836. The molecule has 2 aromatic rings. The average Bonchev–Trinajstić information content (AvgIpc) is 2.70. The van der Waals surface area contributed by atoms with Crippen molar-refractivity contribution in [2.45, 2.75) is 45.6 Å². The van der Waals surface area contributed by atoms with Crippen LogP contribution in [-0.4, -0.2) is 42.7 Å². The second-order valence-electron chi connectivity index (χ2n) is 7.18. The van der Waals surface area contributed by atoms with Crippen LogP contribution in [0.4, 0.5) is 4.79 Å². The van der Waals surface area contributed by atoms with E-state index in [4.69, 9.17) is 14.9 Å². The first-order chi connectivity index (χ1) is 14.6. The minimum Gasteiger partial charge on any atom is -0.496 e. The number of methoxy groups -OCH3 is 1. The predicted molar refractivity (Wildman–Crippen MR) is 113 cm³/mol. The van der Waals surface area contributed by atoms with Crippen molar-refractivity contribution in [1.29, 1.82) is 0 Å². The number of aryl methyl sites for hydroxylation is 2. The van der Waals surface area contributed by atoms with Crippen molar-refractivity contribution in [3.05, 3.63) is 39.2 Å². The maximum Gasteiger partial charge on any atom is 0.340 e. The lowest BCUT2D eigenvalue weighted by Gasteiger charge is -2.15. The molecule has 0 spiro atoms. The van der Waals surface area contributed by atoms with Crippen molar-refractivity contribution >= 4 is 28.9 Å². The predicted octanol–water partition coefficient (Wildman–Crippen LogP) is 1.37. The number of carbonyl (C=O) groups is 3. The molecule has 0 aliphatic rings. The van der Waals surface area contributed by atoms with Crippen LogP contribution in [0.25, 0.3) is 11.0 Å². The Bertz CT molecular complexity index is 1050. The summed E-state index contributed by atoms with van der Waals surface area (Å²) >= 11 is 0. The lowest BCUT2D eigenvalue weighted by Crippen LogP contribution is -2.42. The number of carboxylic acid groups (broad SMARTS) is 1. The number of primary amides is 1. The number of fused-ring (bicyclic) bond motifs is 1. The van der Waals surface area contributed by atoms with Gasteiger partial charge in [0.2, 0.25) is 5.91 Å². The normalized spacial score (nSPS) is 11.7. The zero-order chi connectivity index (χ0) is 23.1. The molecule has 0 unspecified atom stereocenters. The summed E-state index contributed by atoms with van der Waals surface area (Å²) in [6, 6.07) is 1.74. The summed E-state index contributed by atoms with van der Waals surface area (Å²) in [4.78, 5) is 47.1. The van der Waals surface area contributed by atoms with E-state index >= 15 is 0 Å². The van der Waals surface area contributed by atoms with Crippen LogP contribution in [0.5, 0.6) is 5.75 Å². The second-order valence-corrected chi connectivity index (χ2v) is 7.18. The molecule has 3 amide bonds. The topological polar surface area (TPSA) is 161 Å². The number of unbranched alkanes of at least 4 members (excludes halogenated alkanes) is 1. The molecular formula is C21H27N3O7. The molecule has 10 heteroatoms. The molecule has 31 heavy (non-hydrogen) atoms. The molecule has 1 aromatic heterocycles. The maximum absolute atomic E-state index is 12.5. The van der Waals surface area contributed by atoms with Crippen molar-refractivity contribution in [1.82, 2.24) is 10.6 Å². The number of aliphatic carboxylic acids is 1. The SMILES string of the molecule is COc1ccc2c(C)c(CC(=O)N[C@@H](CCCCNC(N)=O)C(=O)O)c(=O)oc2c1C. The van der Waals surface area contributed by atoms with Gasteiger partial charge in [-0.3, -0.25) is 4.79 Å². The van der Waals surface area contributed by atoms with Gasteiger partial charge in [0.1, 0.15) is 17.4 Å². The van der Waals surface area contributed by atoms with E-state index in [1.165, 1.54) is 7.11 Å². The Morgan fingerprint density at radius 1 is 1.19 bits per heavy atom. The van der Waals surface area contributed by atoms with Crippen LogP contribution in [0, 0.1) is 13.8 Å². The fourth-order valence-corrected chi connectivity index (χ4v) is 3.34. The summed E-state index contributed by atoms with van der Waals surface area (Å²) in [7, 11) is 1.52. The van der Waals surface area contributed by atoms with Crippen LogP contribution in [0.15, 0.2) is 21.3 Å². The summed E-state index contributed by atoms with van der Waals surface area (Å²) in [6.45, 7) is 3.80. The molecule has 0 aliphatic heterocycles. The Morgan fingerprint density at radius 3 is 2.52 bits per heavy atom. The van der Waals surface area contributed by atoms with Crippen LogP contribution in [-0.2, 0) is 16.0 Å². The minimum atomic E-state index is -1.18. The van der Waals surface area contributed by atoms with Gasteiger partial charge in [0.05, 0.1) is 19.1 Å². The summed E-state index contributed by atoms with van der Waals surface area (Å²) < 4.78 is 10.7. The Balaban J connectivity index is 2.12. The number of carbonyl (C=O) groups excluding carboxylic acids is 2. The van der Waals surface area contributed by atoms with E-state index in [0.717, 1.165) is 0 Å². The van der Waals surface area contributed by atoms with E-state index in [2.05, 4.69) is 10.6 Å². The van der Waals surface area contributed by atoms with Gasteiger partial charge in [-0.05, 0) is 50.8 Å². The molecule has 2 rings (SSSR count). The lowest BCUT2D eigenvalue weighted by atomic mass is 10.0. The highest BCUT2D eigenvalue weighted by molar-refractivity contribution is 5.88. The number of nitrogens with two attached hydrogens (primary N) is 1. The van der Waals surface area contributed by atoms with E-state index in [1.54, 1.807) is 26.0 Å². The summed E-state index contributed by atoms with van der Waals surface area (Å²) in [5.74, 6) is -1.19. The first-order valence-electron chi connectivity index (χ1n) is 9.81. The molecule has 5 N–H and O–H groups in total. The number of carboxylic acids is 1. The highest BCUT2D eigenvalue weighted by atomic mass is 16.5. The molecule has 0 aliphatic carbocycles. The van der Waals surface area contributed by atoms with Crippen molar-refractivity contribution < 1.29 is 28.6 Å². The number of hydrogen-bond acceptors (Lipinski definition) is 6. The molecular weight excluding hydrogens is 406 g/mol. The van der Waals surface area contributed by atoms with Crippen LogP contribution < -0.4 is 26.7 Å². The van der Waals surface area contributed by atoms with Crippen LogP contribution >= 0.6 is 0 Å². The standard InChI is InChI=1S/C21H27N3O7/c1-11-13-7-8-16(30-3)12(2)18(13)31-20(28)14(11)10-17(25)24-15(19(26)27)6-4-5-9-23-21(22)29/h7-8,15H,4-6,9-10H2,1-3H3,(H,24,25)(H,26,27)(H3,22,23,29)/t15-/m0/s1. The van der Waals surface area contributed by atoms with Crippen molar-refractivity contribution in [2.75, 3.05) is 13.7 Å². The van der Waals surface area contributed by atoms with Gasteiger partial charge >= 0.3 is 17.6 Å². The first-order valence-corrected chi connectivity index (χ1v) is 9.81. The van der Waals surface area contributed by atoms with Gasteiger partial charge in [0.25, 0.3) is 0 Å². The number of benzene rings is 1. The highest BCUT2D eigenvalue weighted by Crippen LogP contribution is 2.29. The van der Waals surface area contributed by atoms with E-state index in [1.807, 2.05) is 0 Å². The Hall–Kier alpha value is -3.56. The molecule has 1 aromatic carbocycles. The second kappa shape index (κ2) is 10.5. The Labute approximate surface area is 178 Å². The fraction of sp³-hybridized carbons (Fsp3) is 0.429. The van der Waals surface area contributed by atoms with Gasteiger partial charge in [-0.2, -0.15) is 0 Å². The molecule has 0 saturated heterocycles. The average molecular weight is 433 g/mol. The van der Waals surface area contributed by atoms with Gasteiger partial charge < -0.3 is 30.6 Å². The highest BCUT2D eigenvalue weighted by Gasteiger charge is 2.22. The number of urea groups is 1. The Kier molecular flexibility index (Phi) is 8.00. The number of hydrogen-bond donors (Lipinski definition) is 4. The van der Waals surface area contributed by atoms with Crippen LogP contribution in [0.3, 0.4) is 0 Å². The third-order valence-electron chi connectivity index (χ3n) is 5.06. The van der Waals surface area contributed by atoms with Crippen molar-refractivity contribution in [3.8, 4) is 5.75 Å². The monoisotopic (exact) mass is 433 g/mol. The minimum absolute atomic E-state index is 0.171. The van der Waals surface area contributed by atoms with Crippen LogP contribution in [0.2, 0.25) is 0 Å². The van der Waals surface area contributed by atoms with E-state index in [9.17, 15) is 24.3 Å². The molecule has 0 fully saturated rings. The van der Waals surface area contributed by atoms with Crippen molar-refractivity contribution in [3.63, 3.8) is 0 Å². The molecule has 10 nitrogen and oxygen atoms in total. The van der Waals surface area contributed by atoms with Gasteiger partial charge in [-0.25, -0.2) is 14.4 Å². The third-order valence-corrected chi connectivity index (χ3v) is 5.06. The third kappa shape index (κ3) is 5.97. The summed E-state index contributed by atoms with van der Waals surface area (Å²) in [5.41, 5.74) is 6.14. The molecule has 1 heterocycles. The lowest BCUT2D eigenvalue weighted by molar-refractivity contribution is -0.142. The fourth-order valence-electron chi connectivity index (χ4n) is 3.34. The van der Waals surface area contributed by atoms with Gasteiger partial charge in [0.15, 0.2) is 0 Å². The molecule has 0 radical (unpaired) electrons. The van der Waals surface area contributed by atoms with Crippen LogP contribution in [0.1, 0.15) is 36.0 Å². The largest absolute Gasteiger partial charge is 0.496 e. The van der Waals surface area contributed by atoms with E-state index in [-0.39, 0.29) is 18.4 Å². The molecule has 0 bridgehead atoms. The Morgan fingerprint density at radius 2 is 1.90 bits per heavy atom. The molecule has 1 atom stereocenters. The van der Waals surface area contributed by atoms with Gasteiger partial charge in [-0.1, -0.05) is 0 Å². The van der Waals surface area contributed by atoms with E-state index < -0.39 is 29.6 Å². The molecule has 168 valence electrons. The van der Waals surface area contributed by atoms with Gasteiger partial charge in [-0.15, -0.1) is 0 Å². The zero-order valence-electron chi connectivity index (χ0n) is 17.7. The quantitative estimate of drug-likeness (QED) is 0.325. The number of rotatable bonds is 10. The number of amides is 3.